The van der Waals surface area contributed by atoms with Crippen LogP contribution in [0.5, 0.6) is 0 Å². The lowest BCUT2D eigenvalue weighted by Crippen LogP contribution is -2.21. The van der Waals surface area contributed by atoms with Gasteiger partial charge in [-0.2, -0.15) is 13.2 Å². The maximum absolute atomic E-state index is 13.4. The van der Waals surface area contributed by atoms with Gasteiger partial charge in [-0.15, -0.1) is 0 Å². The van der Waals surface area contributed by atoms with Gasteiger partial charge < -0.3 is 4.74 Å². The number of rotatable bonds is 4. The molecule has 1 aliphatic carbocycles. The summed E-state index contributed by atoms with van der Waals surface area (Å²) in [7, 11) is 0. The SMILES string of the molecule is FC(F)(F)c1cccc2c(-c3ccccc3)c(COC3CCC3)cnc12. The van der Waals surface area contributed by atoms with Gasteiger partial charge in [-0.05, 0) is 36.5 Å². The molecule has 0 atom stereocenters. The molecule has 1 heterocycles. The number of halogens is 3. The second kappa shape index (κ2) is 6.72. The molecule has 2 aromatic carbocycles. The predicted octanol–water partition coefficient (Wildman–Crippen LogP) is 5.99. The zero-order chi connectivity index (χ0) is 18.1. The van der Waals surface area contributed by atoms with E-state index in [4.69, 9.17) is 4.74 Å². The molecule has 2 nitrogen and oxygen atoms in total. The number of ether oxygens (including phenoxy) is 1. The van der Waals surface area contributed by atoms with E-state index in [0.29, 0.717) is 12.0 Å². The molecule has 0 N–H and O–H groups in total. The summed E-state index contributed by atoms with van der Waals surface area (Å²) in [6, 6.07) is 13.7. The number of pyridine rings is 1. The highest BCUT2D eigenvalue weighted by atomic mass is 19.4. The van der Waals surface area contributed by atoms with Gasteiger partial charge in [0.1, 0.15) is 0 Å². The molecule has 5 heteroatoms. The molecule has 0 saturated heterocycles. The van der Waals surface area contributed by atoms with Gasteiger partial charge in [0, 0.05) is 17.1 Å². The molecule has 0 amide bonds. The first kappa shape index (κ1) is 17.0. The molecule has 0 unspecified atom stereocenters. The van der Waals surface area contributed by atoms with Gasteiger partial charge in [-0.25, -0.2) is 0 Å². The molecule has 1 saturated carbocycles. The van der Waals surface area contributed by atoms with Crippen molar-refractivity contribution in [2.45, 2.75) is 38.1 Å². The Balaban J connectivity index is 1.88. The topological polar surface area (TPSA) is 22.1 Å². The van der Waals surface area contributed by atoms with E-state index in [2.05, 4.69) is 4.98 Å². The molecule has 26 heavy (non-hydrogen) atoms. The van der Waals surface area contributed by atoms with E-state index in [1.807, 2.05) is 30.3 Å². The Labute approximate surface area is 149 Å². The van der Waals surface area contributed by atoms with Gasteiger partial charge in [-0.1, -0.05) is 42.5 Å². The van der Waals surface area contributed by atoms with Crippen molar-refractivity contribution in [1.29, 1.82) is 0 Å². The van der Waals surface area contributed by atoms with Crippen molar-refractivity contribution >= 4 is 10.9 Å². The maximum atomic E-state index is 13.4. The van der Waals surface area contributed by atoms with Crippen molar-refractivity contribution < 1.29 is 17.9 Å². The largest absolute Gasteiger partial charge is 0.418 e. The first-order valence-electron chi connectivity index (χ1n) is 8.69. The number of alkyl halides is 3. The number of benzene rings is 2. The van der Waals surface area contributed by atoms with Gasteiger partial charge >= 0.3 is 6.18 Å². The smallest absolute Gasteiger partial charge is 0.373 e. The second-order valence-corrected chi connectivity index (χ2v) is 6.59. The molecule has 0 aliphatic heterocycles. The zero-order valence-electron chi connectivity index (χ0n) is 14.1. The molecule has 0 bridgehead atoms. The van der Waals surface area contributed by atoms with Gasteiger partial charge in [-0.3, -0.25) is 4.98 Å². The minimum atomic E-state index is -4.44. The van der Waals surface area contributed by atoms with E-state index in [-0.39, 0.29) is 11.6 Å². The van der Waals surface area contributed by atoms with Crippen molar-refractivity contribution in [2.75, 3.05) is 0 Å². The highest BCUT2D eigenvalue weighted by molar-refractivity contribution is 5.97. The van der Waals surface area contributed by atoms with E-state index >= 15 is 0 Å². The highest BCUT2D eigenvalue weighted by Crippen LogP contribution is 2.38. The third-order valence-corrected chi connectivity index (χ3v) is 4.87. The summed E-state index contributed by atoms with van der Waals surface area (Å²) in [6.45, 7) is 0.355. The van der Waals surface area contributed by atoms with Crippen molar-refractivity contribution in [3.8, 4) is 11.1 Å². The Bertz CT molecular complexity index is 918. The molecular formula is C21H18F3NO. The average molecular weight is 357 g/mol. The first-order chi connectivity index (χ1) is 12.5. The predicted molar refractivity (Wildman–Crippen MR) is 94.6 cm³/mol. The summed E-state index contributed by atoms with van der Waals surface area (Å²) in [4.78, 5) is 4.16. The molecule has 1 aromatic heterocycles. The van der Waals surface area contributed by atoms with Crippen LogP contribution >= 0.6 is 0 Å². The van der Waals surface area contributed by atoms with Crippen LogP contribution < -0.4 is 0 Å². The number of aromatic nitrogens is 1. The Morgan fingerprint density at radius 1 is 1.00 bits per heavy atom. The zero-order valence-corrected chi connectivity index (χ0v) is 14.1. The number of hydrogen-bond acceptors (Lipinski definition) is 2. The Morgan fingerprint density at radius 3 is 2.42 bits per heavy atom. The minimum Gasteiger partial charge on any atom is -0.373 e. The van der Waals surface area contributed by atoms with E-state index in [9.17, 15) is 13.2 Å². The molecule has 4 rings (SSSR count). The molecule has 0 spiro atoms. The summed E-state index contributed by atoms with van der Waals surface area (Å²) in [5, 5.41) is 0.501. The van der Waals surface area contributed by atoms with Crippen molar-refractivity contribution in [2.24, 2.45) is 0 Å². The summed E-state index contributed by atoms with van der Waals surface area (Å²) in [5.41, 5.74) is 1.72. The fraction of sp³-hybridized carbons (Fsp3) is 0.286. The average Bonchev–Trinajstić information content (AvgIpc) is 2.59. The molecule has 1 fully saturated rings. The van der Waals surface area contributed by atoms with Gasteiger partial charge in [0.05, 0.1) is 23.8 Å². The van der Waals surface area contributed by atoms with Crippen molar-refractivity contribution in [3.63, 3.8) is 0 Å². The Morgan fingerprint density at radius 2 is 1.77 bits per heavy atom. The van der Waals surface area contributed by atoms with Crippen LogP contribution in [0.25, 0.3) is 22.0 Å². The maximum Gasteiger partial charge on any atom is 0.418 e. The van der Waals surface area contributed by atoms with E-state index < -0.39 is 11.7 Å². The normalized spacial score (nSPS) is 15.2. The monoisotopic (exact) mass is 357 g/mol. The fourth-order valence-corrected chi connectivity index (χ4v) is 3.29. The molecule has 134 valence electrons. The number of nitrogens with zero attached hydrogens (tertiary/aromatic N) is 1. The van der Waals surface area contributed by atoms with Gasteiger partial charge in [0.15, 0.2) is 0 Å². The van der Waals surface area contributed by atoms with Crippen LogP contribution in [-0.2, 0) is 17.5 Å². The lowest BCUT2D eigenvalue weighted by atomic mass is 9.94. The van der Waals surface area contributed by atoms with Crippen LogP contribution in [0.1, 0.15) is 30.4 Å². The molecular weight excluding hydrogens is 339 g/mol. The molecule has 0 radical (unpaired) electrons. The lowest BCUT2D eigenvalue weighted by Gasteiger charge is -2.26. The van der Waals surface area contributed by atoms with E-state index in [1.54, 1.807) is 6.07 Å². The minimum absolute atomic E-state index is 0.0220. The van der Waals surface area contributed by atoms with Crippen LogP contribution in [0.15, 0.2) is 54.7 Å². The summed E-state index contributed by atoms with van der Waals surface area (Å²) in [6.07, 6.45) is 0.583. The van der Waals surface area contributed by atoms with Crippen LogP contribution in [0, 0.1) is 0 Å². The quantitative estimate of drug-likeness (QED) is 0.572. The van der Waals surface area contributed by atoms with Gasteiger partial charge in [0.2, 0.25) is 0 Å². The standard InChI is InChI=1S/C21H18F3NO/c22-21(23,24)18-11-5-10-17-19(14-6-2-1-3-7-14)15(12-25-20(17)18)13-26-16-8-4-9-16/h1-3,5-7,10-12,16H,4,8-9,13H2. The third-order valence-electron chi connectivity index (χ3n) is 4.87. The van der Waals surface area contributed by atoms with Crippen LogP contribution in [0.3, 0.4) is 0 Å². The van der Waals surface area contributed by atoms with E-state index in [0.717, 1.165) is 35.6 Å². The number of fused-ring (bicyclic) bond motifs is 1. The van der Waals surface area contributed by atoms with Crippen molar-refractivity contribution in [3.05, 3.63) is 65.9 Å². The third kappa shape index (κ3) is 3.19. The van der Waals surface area contributed by atoms with Gasteiger partial charge in [0.25, 0.3) is 0 Å². The molecule has 3 aromatic rings. The lowest BCUT2D eigenvalue weighted by molar-refractivity contribution is -0.136. The summed E-state index contributed by atoms with van der Waals surface area (Å²) >= 11 is 0. The number of hydrogen-bond donors (Lipinski definition) is 0. The first-order valence-corrected chi connectivity index (χ1v) is 8.69. The van der Waals surface area contributed by atoms with Crippen molar-refractivity contribution in [1.82, 2.24) is 4.98 Å². The summed E-state index contributed by atoms with van der Waals surface area (Å²) < 4.78 is 46.1. The Hall–Kier alpha value is -2.40. The fourth-order valence-electron chi connectivity index (χ4n) is 3.29. The van der Waals surface area contributed by atoms with E-state index in [1.165, 1.54) is 18.7 Å². The van der Waals surface area contributed by atoms with Crippen LogP contribution in [-0.4, -0.2) is 11.1 Å². The summed E-state index contributed by atoms with van der Waals surface area (Å²) in [5.74, 6) is 0. The van der Waals surface area contributed by atoms with Crippen LogP contribution in [0.4, 0.5) is 13.2 Å². The Kier molecular flexibility index (Phi) is 4.41. The molecule has 1 aliphatic rings. The highest BCUT2D eigenvalue weighted by Gasteiger charge is 2.33. The van der Waals surface area contributed by atoms with Crippen LogP contribution in [0.2, 0.25) is 0 Å². The second-order valence-electron chi connectivity index (χ2n) is 6.59. The number of para-hydroxylation sites is 1.